The number of carbonyl (C=O) groups excluding carboxylic acids is 3. The number of fused-ring (bicyclic) bond motifs is 2. The van der Waals surface area contributed by atoms with E-state index in [-0.39, 0.29) is 48.6 Å². The van der Waals surface area contributed by atoms with Crippen molar-refractivity contribution >= 4 is 23.5 Å². The molecule has 10 N–H and O–H groups in total. The van der Waals surface area contributed by atoms with Crippen LogP contribution in [0.25, 0.3) is 0 Å². The summed E-state index contributed by atoms with van der Waals surface area (Å²) in [5.41, 5.74) is 10.1. The molecule has 0 aromatic carbocycles. The van der Waals surface area contributed by atoms with Crippen molar-refractivity contribution in [2.24, 2.45) is 35.1 Å². The van der Waals surface area contributed by atoms with Crippen LogP contribution in [0.3, 0.4) is 0 Å². The van der Waals surface area contributed by atoms with Crippen LogP contribution in [0.1, 0.15) is 84.5 Å². The molecule has 2 aliphatic heterocycles. The van der Waals surface area contributed by atoms with Gasteiger partial charge in [-0.2, -0.15) is 0 Å². The number of rotatable bonds is 14. The number of hydrogen-bond acceptors (Lipinski definition) is 6. The number of Topliss-reactive ketones (excluding diaryl/α,β-unsaturated/α-hetero) is 2. The van der Waals surface area contributed by atoms with Crippen molar-refractivity contribution in [2.45, 2.75) is 108 Å². The monoisotopic (exact) mass is 605 g/mol. The summed E-state index contributed by atoms with van der Waals surface area (Å²) in [6, 6.07) is 0.0534. The number of nitrogens with one attached hydrogen (secondary N) is 2. The summed E-state index contributed by atoms with van der Waals surface area (Å²) < 4.78 is 12.0. The third kappa shape index (κ3) is 7.00. The van der Waals surface area contributed by atoms with Crippen LogP contribution < -0.4 is 32.4 Å². The van der Waals surface area contributed by atoms with Gasteiger partial charge in [0.1, 0.15) is 6.17 Å². The van der Waals surface area contributed by atoms with E-state index in [4.69, 9.17) is 20.9 Å². The molecule has 2 aliphatic carbocycles. The quantitative estimate of drug-likeness (QED) is 0.0327. The number of ether oxygens (including phenoxy) is 2. The molecule has 4 rings (SSSR count). The van der Waals surface area contributed by atoms with Gasteiger partial charge in [0.25, 0.3) is 5.60 Å². The number of piperidine rings is 1. The number of carbonyl (C=O) groups is 3. The Morgan fingerprint density at radius 1 is 1.26 bits per heavy atom. The Kier molecular flexibility index (Phi) is 11.4. The van der Waals surface area contributed by atoms with E-state index in [2.05, 4.69) is 27.9 Å². The number of epoxide rings is 1. The molecule has 0 aromatic rings. The fourth-order valence-corrected chi connectivity index (χ4v) is 7.82. The van der Waals surface area contributed by atoms with Crippen LogP contribution in [0.2, 0.25) is 0 Å². The minimum Gasteiger partial charge on any atom is -0.463 e. The van der Waals surface area contributed by atoms with Crippen LogP contribution in [0.5, 0.6) is 0 Å². The lowest BCUT2D eigenvalue weighted by molar-refractivity contribution is -0.699. The average molecular weight is 606 g/mol. The van der Waals surface area contributed by atoms with Gasteiger partial charge in [0, 0.05) is 49.4 Å². The van der Waals surface area contributed by atoms with Gasteiger partial charge in [-0.05, 0) is 26.2 Å². The fourth-order valence-electron chi connectivity index (χ4n) is 7.82. The molecule has 43 heavy (non-hydrogen) atoms. The van der Waals surface area contributed by atoms with Crippen molar-refractivity contribution in [2.75, 3.05) is 33.8 Å². The van der Waals surface area contributed by atoms with Gasteiger partial charge in [-0.25, -0.2) is 4.79 Å². The molecule has 0 spiro atoms. The number of guanidine groups is 1. The topological polar surface area (TPSA) is 184 Å². The van der Waals surface area contributed by atoms with E-state index in [0.717, 1.165) is 63.6 Å². The standard InChI is InChI=1S/C32H54N6O5/c1-5-6-9-21(18-35-3)19-42-29(41)32-28(40)24-11-8-7-10-23(24)27(39)31(32,43-32)14-12-20(2)16-25(38-30(34)36-4)22-13-15-37-26(33)17-22/h12,21-26,35,37H,5-11,13-19,33H2,1-4H3,(H3,34,36,38)/p+3/t21-,22?,23?,24?,25-,26?,31+,32+/m1/s1. The molecule has 4 fully saturated rings. The first-order chi connectivity index (χ1) is 20.6. The highest BCUT2D eigenvalue weighted by atomic mass is 16.7. The SMILES string of the molecule is CCCC[C@H](C[NH2+]C)COC(=O)[C@]12O[C@@]1(CC=C(C)C[C@@H](NC(N)=[NH+]C)C1CC[NH2+]C(N)C1)C(=O)C1CCCCC1C2=O. The summed E-state index contributed by atoms with van der Waals surface area (Å²) in [7, 11) is 3.78. The van der Waals surface area contributed by atoms with Gasteiger partial charge in [0.05, 0.1) is 39.8 Å². The van der Waals surface area contributed by atoms with Crippen LogP contribution in [-0.2, 0) is 23.9 Å². The molecule has 11 heteroatoms. The first-order valence-corrected chi connectivity index (χ1v) is 16.7. The summed E-state index contributed by atoms with van der Waals surface area (Å²) in [6.45, 7) is 6.19. The van der Waals surface area contributed by atoms with Crippen LogP contribution >= 0.6 is 0 Å². The maximum Gasteiger partial charge on any atom is 0.350 e. The molecule has 8 atom stereocenters. The van der Waals surface area contributed by atoms with Crippen LogP contribution in [0.4, 0.5) is 0 Å². The largest absolute Gasteiger partial charge is 0.463 e. The number of esters is 1. The van der Waals surface area contributed by atoms with Crippen molar-refractivity contribution < 1.29 is 39.5 Å². The summed E-state index contributed by atoms with van der Waals surface area (Å²) in [6.07, 6.45) is 10.9. The molecule has 4 unspecified atom stereocenters. The first kappa shape index (κ1) is 33.6. The van der Waals surface area contributed by atoms with E-state index in [1.54, 1.807) is 7.05 Å². The molecule has 2 saturated heterocycles. The molecule has 11 nitrogen and oxygen atoms in total. The Balaban J connectivity index is 1.54. The molecule has 0 radical (unpaired) electrons. The minimum atomic E-state index is -1.82. The molecule has 0 aromatic heterocycles. The Morgan fingerprint density at radius 2 is 1.98 bits per heavy atom. The zero-order valence-electron chi connectivity index (χ0n) is 26.8. The van der Waals surface area contributed by atoms with Crippen molar-refractivity contribution in [3.05, 3.63) is 11.6 Å². The van der Waals surface area contributed by atoms with Crippen molar-refractivity contribution in [3.8, 4) is 0 Å². The minimum absolute atomic E-state index is 0.0534. The zero-order chi connectivity index (χ0) is 31.2. The van der Waals surface area contributed by atoms with Gasteiger partial charge in [0.15, 0.2) is 17.2 Å². The van der Waals surface area contributed by atoms with Gasteiger partial charge in [-0.1, -0.05) is 44.3 Å². The highest BCUT2D eigenvalue weighted by Gasteiger charge is 2.86. The van der Waals surface area contributed by atoms with E-state index in [0.29, 0.717) is 31.1 Å². The Morgan fingerprint density at radius 3 is 2.63 bits per heavy atom. The van der Waals surface area contributed by atoms with Crippen LogP contribution in [-0.4, -0.2) is 80.7 Å². The Hall–Kier alpha value is -2.34. The second-order valence-corrected chi connectivity index (χ2v) is 13.4. The summed E-state index contributed by atoms with van der Waals surface area (Å²) >= 11 is 0. The lowest BCUT2D eigenvalue weighted by Gasteiger charge is -2.36. The molecule has 4 aliphatic rings. The number of nitrogens with two attached hydrogens (primary N) is 4. The maximum absolute atomic E-state index is 14.1. The van der Waals surface area contributed by atoms with Gasteiger partial charge in [-0.15, -0.1) is 0 Å². The smallest absolute Gasteiger partial charge is 0.350 e. The Bertz CT molecular complexity index is 1080. The van der Waals surface area contributed by atoms with Gasteiger partial charge in [-0.3, -0.25) is 31.4 Å². The average Bonchev–Trinajstić information content (AvgIpc) is 3.72. The predicted octanol–water partition coefficient (Wildman–Crippen LogP) is -2.04. The van der Waals surface area contributed by atoms with Gasteiger partial charge in [0.2, 0.25) is 0 Å². The van der Waals surface area contributed by atoms with Gasteiger partial charge < -0.3 is 20.1 Å². The molecular weight excluding hydrogens is 548 g/mol. The molecule has 0 amide bonds. The highest BCUT2D eigenvalue weighted by Crippen LogP contribution is 2.61. The third-order valence-corrected chi connectivity index (χ3v) is 10.4. The van der Waals surface area contributed by atoms with E-state index in [1.165, 1.54) is 0 Å². The van der Waals surface area contributed by atoms with Crippen LogP contribution in [0, 0.1) is 23.7 Å². The lowest BCUT2D eigenvalue weighted by atomic mass is 9.61. The number of hydrogen-bond donors (Lipinski definition) is 6. The van der Waals surface area contributed by atoms with Gasteiger partial charge >= 0.3 is 11.9 Å². The number of ketones is 2. The normalized spacial score (nSPS) is 34.2. The van der Waals surface area contributed by atoms with Crippen LogP contribution in [0.15, 0.2) is 11.6 Å². The molecular formula is C32H57N6O5+3. The summed E-state index contributed by atoms with van der Waals surface area (Å²) in [5, 5.41) is 7.67. The van der Waals surface area contributed by atoms with Crippen molar-refractivity contribution in [1.82, 2.24) is 5.32 Å². The molecule has 2 heterocycles. The highest BCUT2D eigenvalue weighted by molar-refractivity contribution is 6.23. The number of quaternary nitrogens is 2. The molecule has 2 saturated carbocycles. The molecule has 242 valence electrons. The van der Waals surface area contributed by atoms with Crippen molar-refractivity contribution in [3.63, 3.8) is 0 Å². The number of unbranched alkanes of at least 4 members (excludes halogenated alkanes) is 1. The van der Waals surface area contributed by atoms with E-state index in [9.17, 15) is 14.4 Å². The fraction of sp³-hybridized carbons (Fsp3) is 0.812. The molecule has 0 bridgehead atoms. The van der Waals surface area contributed by atoms with E-state index >= 15 is 0 Å². The first-order valence-electron chi connectivity index (χ1n) is 16.7. The zero-order valence-corrected chi connectivity index (χ0v) is 26.8. The summed E-state index contributed by atoms with van der Waals surface area (Å²) in [5.74, 6) is -0.847. The van der Waals surface area contributed by atoms with E-state index in [1.807, 2.05) is 20.0 Å². The summed E-state index contributed by atoms with van der Waals surface area (Å²) in [4.78, 5) is 44.9. The Labute approximate surface area is 256 Å². The maximum atomic E-state index is 14.1. The lowest BCUT2D eigenvalue weighted by Crippen LogP contribution is -2.95. The van der Waals surface area contributed by atoms with Crippen molar-refractivity contribution in [1.29, 1.82) is 0 Å². The predicted molar refractivity (Wildman–Crippen MR) is 162 cm³/mol. The second-order valence-electron chi connectivity index (χ2n) is 13.4. The third-order valence-electron chi connectivity index (χ3n) is 10.4. The second kappa shape index (κ2) is 14.6. The van der Waals surface area contributed by atoms with E-state index < -0.39 is 23.1 Å².